The molecule has 1 aliphatic heterocycles. The third-order valence-corrected chi connectivity index (χ3v) is 8.50. The molecule has 0 aromatic heterocycles. The van der Waals surface area contributed by atoms with Crippen LogP contribution < -0.4 is 14.2 Å². The van der Waals surface area contributed by atoms with E-state index in [1.165, 1.54) is 0 Å². The molecule has 0 bridgehead atoms. The van der Waals surface area contributed by atoms with Gasteiger partial charge in [-0.2, -0.15) is 0 Å². The van der Waals surface area contributed by atoms with Gasteiger partial charge in [0, 0.05) is 22.3 Å². The Bertz CT molecular complexity index is 1550. The summed E-state index contributed by atoms with van der Waals surface area (Å²) in [7, 11) is 3.34. The number of benzene rings is 4. The Morgan fingerprint density at radius 3 is 2.00 bits per heavy atom. The predicted molar refractivity (Wildman–Crippen MR) is 160 cm³/mol. The van der Waals surface area contributed by atoms with E-state index < -0.39 is 11.2 Å². The maximum atomic E-state index is 12.5. The van der Waals surface area contributed by atoms with Gasteiger partial charge in [-0.25, -0.2) is 0 Å². The third-order valence-electron chi connectivity index (χ3n) is 8.50. The van der Waals surface area contributed by atoms with E-state index in [0.29, 0.717) is 6.42 Å². The molecule has 1 unspecified atom stereocenters. The Hall–Kier alpha value is -4.02. The fourth-order valence-electron chi connectivity index (χ4n) is 6.39. The molecule has 4 nitrogen and oxygen atoms in total. The molecule has 1 heterocycles. The van der Waals surface area contributed by atoms with Crippen molar-refractivity contribution < 1.29 is 19.3 Å². The van der Waals surface area contributed by atoms with Gasteiger partial charge in [0.05, 0.1) is 14.2 Å². The number of hydrogen-bond acceptors (Lipinski definition) is 4. The Morgan fingerprint density at radius 2 is 1.43 bits per heavy atom. The third kappa shape index (κ3) is 3.93. The summed E-state index contributed by atoms with van der Waals surface area (Å²) in [4.78, 5) is 0. The minimum absolute atomic E-state index is 0.665. The minimum atomic E-state index is -1.07. The molecule has 1 aliphatic carbocycles. The second-order valence-electron chi connectivity index (χ2n) is 11.0. The van der Waals surface area contributed by atoms with E-state index >= 15 is 0 Å². The molecule has 204 valence electrons. The molecule has 0 fully saturated rings. The molecule has 1 atom stereocenters. The zero-order chi connectivity index (χ0) is 28.1. The largest absolute Gasteiger partial charge is 0.497 e. The molecule has 4 heteroatoms. The van der Waals surface area contributed by atoms with Gasteiger partial charge in [-0.3, -0.25) is 0 Å². The van der Waals surface area contributed by atoms with Gasteiger partial charge in [0.2, 0.25) is 0 Å². The summed E-state index contributed by atoms with van der Waals surface area (Å²) in [6, 6.07) is 24.7. The van der Waals surface area contributed by atoms with Gasteiger partial charge in [-0.15, -0.1) is 0 Å². The summed E-state index contributed by atoms with van der Waals surface area (Å²) in [6.07, 6.45) is 6.90. The van der Waals surface area contributed by atoms with Crippen LogP contribution in [0.2, 0.25) is 0 Å². The molecule has 6 rings (SSSR count). The lowest BCUT2D eigenvalue weighted by atomic mass is 9.79. The highest BCUT2D eigenvalue weighted by Gasteiger charge is 2.46. The van der Waals surface area contributed by atoms with Crippen LogP contribution in [0.3, 0.4) is 0 Å². The molecule has 0 radical (unpaired) electrons. The second kappa shape index (κ2) is 9.87. The van der Waals surface area contributed by atoms with Crippen molar-refractivity contribution >= 4 is 6.08 Å². The SMILES string of the molecule is CCCCC1(O)c2cc(C)ccc2-c2cc(C)c3c(c21)C=CC(c1ccc(OC)cc1)(c1ccc(OC)cc1)O3. The number of ether oxygens (including phenoxy) is 3. The van der Waals surface area contributed by atoms with Crippen molar-refractivity contribution in [2.45, 2.75) is 51.2 Å². The highest BCUT2D eigenvalue weighted by atomic mass is 16.5. The summed E-state index contributed by atoms with van der Waals surface area (Å²) < 4.78 is 18.0. The van der Waals surface area contributed by atoms with Crippen LogP contribution in [-0.4, -0.2) is 19.3 Å². The molecule has 4 aromatic rings. The van der Waals surface area contributed by atoms with Crippen molar-refractivity contribution in [3.63, 3.8) is 0 Å². The quantitative estimate of drug-likeness (QED) is 0.261. The molecule has 0 amide bonds. The molecular formula is C36H36O4. The number of methoxy groups -OCH3 is 2. The molecule has 40 heavy (non-hydrogen) atoms. The molecular weight excluding hydrogens is 496 g/mol. The van der Waals surface area contributed by atoms with E-state index in [9.17, 15) is 5.11 Å². The summed E-state index contributed by atoms with van der Waals surface area (Å²) in [5.74, 6) is 2.38. The first-order chi connectivity index (χ1) is 19.3. The molecule has 2 aliphatic rings. The van der Waals surface area contributed by atoms with Crippen LogP contribution >= 0.6 is 0 Å². The Morgan fingerprint density at radius 1 is 0.800 bits per heavy atom. The smallest absolute Gasteiger partial charge is 0.178 e. The van der Waals surface area contributed by atoms with Gasteiger partial charge in [-0.05, 0) is 78.9 Å². The van der Waals surface area contributed by atoms with E-state index in [1.54, 1.807) is 14.2 Å². The first kappa shape index (κ1) is 26.2. The average Bonchev–Trinajstić information content (AvgIpc) is 3.23. The number of aryl methyl sites for hydroxylation is 2. The number of rotatable bonds is 7. The molecule has 4 aromatic carbocycles. The van der Waals surface area contributed by atoms with Crippen molar-refractivity contribution in [1.82, 2.24) is 0 Å². The zero-order valence-corrected chi connectivity index (χ0v) is 23.9. The highest BCUT2D eigenvalue weighted by molar-refractivity contribution is 5.87. The van der Waals surface area contributed by atoms with Crippen LogP contribution in [0.5, 0.6) is 17.2 Å². The van der Waals surface area contributed by atoms with Gasteiger partial charge >= 0.3 is 0 Å². The second-order valence-corrected chi connectivity index (χ2v) is 11.0. The fourth-order valence-corrected chi connectivity index (χ4v) is 6.39. The Balaban J connectivity index is 1.57. The van der Waals surface area contributed by atoms with Crippen molar-refractivity contribution in [1.29, 1.82) is 0 Å². The molecule has 0 saturated heterocycles. The minimum Gasteiger partial charge on any atom is -0.497 e. The first-order valence-corrected chi connectivity index (χ1v) is 14.0. The monoisotopic (exact) mass is 532 g/mol. The van der Waals surface area contributed by atoms with E-state index in [1.807, 2.05) is 24.3 Å². The number of unbranched alkanes of at least 4 members (excludes halogenated alkanes) is 1. The number of aliphatic hydroxyl groups is 1. The summed E-state index contributed by atoms with van der Waals surface area (Å²) >= 11 is 0. The Labute approximate surface area is 236 Å². The van der Waals surface area contributed by atoms with Gasteiger partial charge in [0.25, 0.3) is 0 Å². The van der Waals surface area contributed by atoms with Gasteiger partial charge in [0.1, 0.15) is 22.8 Å². The van der Waals surface area contributed by atoms with Crippen LogP contribution in [0.15, 0.2) is 78.9 Å². The maximum Gasteiger partial charge on any atom is 0.178 e. The summed E-state index contributed by atoms with van der Waals surface area (Å²) in [5, 5.41) is 12.5. The Kier molecular flexibility index (Phi) is 6.47. The summed E-state index contributed by atoms with van der Waals surface area (Å²) in [6.45, 7) is 6.36. The van der Waals surface area contributed by atoms with E-state index in [-0.39, 0.29) is 0 Å². The van der Waals surface area contributed by atoms with E-state index in [0.717, 1.165) is 80.2 Å². The first-order valence-electron chi connectivity index (χ1n) is 14.0. The number of fused-ring (bicyclic) bond motifs is 5. The standard InChI is InChI=1S/C36H36O4/c1-6-7-19-35(37)32-21-23(2)8-17-29(32)31-22-24(3)34-30(33(31)35)18-20-36(40-34,25-9-13-27(38-4)14-10-25)26-11-15-28(39-5)16-12-26/h8-18,20-22,37H,6-7,19H2,1-5H3. The van der Waals surface area contributed by atoms with Crippen molar-refractivity contribution in [3.8, 4) is 28.4 Å². The van der Waals surface area contributed by atoms with Crippen LogP contribution in [0.4, 0.5) is 0 Å². The lowest BCUT2D eigenvalue weighted by Gasteiger charge is -2.38. The van der Waals surface area contributed by atoms with Crippen LogP contribution in [0, 0.1) is 13.8 Å². The molecule has 0 saturated carbocycles. The maximum absolute atomic E-state index is 12.5. The summed E-state index contributed by atoms with van der Waals surface area (Å²) in [5.41, 5.74) is 7.34. The number of hydrogen-bond donors (Lipinski definition) is 1. The molecule has 1 N–H and O–H groups in total. The van der Waals surface area contributed by atoms with Crippen LogP contribution in [-0.2, 0) is 11.2 Å². The normalized spacial score (nSPS) is 17.9. The average molecular weight is 533 g/mol. The topological polar surface area (TPSA) is 47.9 Å². The zero-order valence-electron chi connectivity index (χ0n) is 23.9. The lowest BCUT2D eigenvalue weighted by molar-refractivity contribution is 0.0719. The van der Waals surface area contributed by atoms with Crippen molar-refractivity contribution in [2.75, 3.05) is 14.2 Å². The van der Waals surface area contributed by atoms with Crippen molar-refractivity contribution in [3.05, 3.63) is 118 Å². The highest BCUT2D eigenvalue weighted by Crippen LogP contribution is 2.56. The lowest BCUT2D eigenvalue weighted by Crippen LogP contribution is -2.35. The van der Waals surface area contributed by atoms with Gasteiger partial charge in [-0.1, -0.05) is 73.9 Å². The van der Waals surface area contributed by atoms with Crippen LogP contribution in [0.1, 0.15) is 65.1 Å². The van der Waals surface area contributed by atoms with E-state index in [4.69, 9.17) is 14.2 Å². The van der Waals surface area contributed by atoms with Gasteiger partial charge < -0.3 is 19.3 Å². The van der Waals surface area contributed by atoms with E-state index in [2.05, 4.69) is 81.5 Å². The predicted octanol–water partition coefficient (Wildman–Crippen LogP) is 8.08. The van der Waals surface area contributed by atoms with Crippen LogP contribution in [0.25, 0.3) is 17.2 Å². The fraction of sp³-hybridized carbons (Fsp3) is 0.278. The van der Waals surface area contributed by atoms with Crippen molar-refractivity contribution in [2.24, 2.45) is 0 Å². The molecule has 0 spiro atoms. The van der Waals surface area contributed by atoms with Gasteiger partial charge in [0.15, 0.2) is 5.60 Å².